The van der Waals surface area contributed by atoms with Gasteiger partial charge in [-0.05, 0) is 24.3 Å². The van der Waals surface area contributed by atoms with Gasteiger partial charge in [-0.15, -0.1) is 0 Å². The predicted molar refractivity (Wildman–Crippen MR) is 87.9 cm³/mol. The molecular formula is C14H9N3O8S2. The third-order valence-electron chi connectivity index (χ3n) is 3.59. The fourth-order valence-electron chi connectivity index (χ4n) is 2.46. The van der Waals surface area contributed by atoms with Gasteiger partial charge in [0.25, 0.3) is 15.9 Å². The number of nitrogens with one attached hydrogen (secondary N) is 1. The Hall–Kier alpha value is -3.32. The van der Waals surface area contributed by atoms with Crippen molar-refractivity contribution in [2.75, 3.05) is 0 Å². The highest BCUT2D eigenvalue weighted by Crippen LogP contribution is 2.29. The van der Waals surface area contributed by atoms with Crippen LogP contribution in [-0.2, 0) is 20.0 Å². The molecule has 2 amide bonds. The molecule has 2 aromatic rings. The maximum atomic E-state index is 11.5. The van der Waals surface area contributed by atoms with Gasteiger partial charge in [-0.1, -0.05) is 24.3 Å². The monoisotopic (exact) mass is 411 g/mol. The largest absolute Gasteiger partial charge is 0.334 e. The molecule has 0 atom stereocenters. The Morgan fingerprint density at radius 1 is 0.852 bits per heavy atom. The van der Waals surface area contributed by atoms with Crippen molar-refractivity contribution < 1.29 is 31.5 Å². The number of benzene rings is 2. The van der Waals surface area contributed by atoms with Crippen molar-refractivity contribution in [1.82, 2.24) is 9.14 Å². The molecule has 0 spiro atoms. The van der Waals surface area contributed by atoms with E-state index in [9.17, 15) is 36.5 Å². The van der Waals surface area contributed by atoms with Crippen LogP contribution in [0.3, 0.4) is 0 Å². The second kappa shape index (κ2) is 6.14. The zero-order chi connectivity index (χ0) is 20.0. The zero-order valence-corrected chi connectivity index (χ0v) is 14.7. The van der Waals surface area contributed by atoms with Crippen LogP contribution in [0.4, 0.5) is 0 Å². The van der Waals surface area contributed by atoms with Crippen molar-refractivity contribution >= 4 is 31.9 Å². The van der Waals surface area contributed by atoms with Gasteiger partial charge in [0.1, 0.15) is 9.79 Å². The third-order valence-corrected chi connectivity index (χ3v) is 6.65. The summed E-state index contributed by atoms with van der Waals surface area (Å²) in [6.07, 6.45) is 0. The summed E-state index contributed by atoms with van der Waals surface area (Å²) in [6, 6.07) is 11.3. The van der Waals surface area contributed by atoms with E-state index in [1.807, 2.05) is 4.72 Å². The SMILES string of the molecule is O=C1NS(=O)(=O)c2ccccc21.O=C1c2ccccc2S(=O)(=O)N1[N+](=O)[O-]. The lowest BCUT2D eigenvalue weighted by molar-refractivity contribution is -0.597. The zero-order valence-electron chi connectivity index (χ0n) is 13.1. The molecule has 1 N–H and O–H groups in total. The van der Waals surface area contributed by atoms with Gasteiger partial charge in [-0.3, -0.25) is 9.59 Å². The molecule has 0 aliphatic carbocycles. The molecule has 0 radical (unpaired) electrons. The van der Waals surface area contributed by atoms with Gasteiger partial charge in [0.15, 0.2) is 5.03 Å². The van der Waals surface area contributed by atoms with Crippen LogP contribution in [-0.4, -0.2) is 38.1 Å². The van der Waals surface area contributed by atoms with E-state index < -0.39 is 36.9 Å². The Bertz CT molecular complexity index is 1200. The van der Waals surface area contributed by atoms with Crippen molar-refractivity contribution in [3.05, 3.63) is 69.8 Å². The lowest BCUT2D eigenvalue weighted by atomic mass is 10.2. The standard InChI is InChI=1S/C7H4N2O5S.C7H5NO3S/c10-7-5-3-1-2-4-6(5)15(13,14)8(7)9(11)12;9-7-5-3-1-2-4-6(5)12(10,11)8-7/h1-4H;1-4H,(H,8,9). The van der Waals surface area contributed by atoms with Gasteiger partial charge in [-0.2, -0.15) is 8.42 Å². The molecule has 0 aromatic heterocycles. The van der Waals surface area contributed by atoms with E-state index in [0.29, 0.717) is 0 Å². The number of nitrogens with zero attached hydrogens (tertiary/aromatic N) is 2. The summed E-state index contributed by atoms with van der Waals surface area (Å²) in [7, 11) is -7.86. The minimum Gasteiger partial charge on any atom is -0.268 e. The molecule has 0 saturated carbocycles. The van der Waals surface area contributed by atoms with Gasteiger partial charge in [-0.25, -0.2) is 23.3 Å². The van der Waals surface area contributed by atoms with Gasteiger partial charge < -0.3 is 0 Å². The van der Waals surface area contributed by atoms with Crippen molar-refractivity contribution in [3.63, 3.8) is 0 Å². The van der Waals surface area contributed by atoms with Crippen LogP contribution in [0.15, 0.2) is 58.3 Å². The smallest absolute Gasteiger partial charge is 0.268 e. The molecule has 0 fully saturated rings. The number of amides is 2. The predicted octanol–water partition coefficient (Wildman–Crippen LogP) is 0.142. The van der Waals surface area contributed by atoms with E-state index in [-0.39, 0.29) is 25.3 Å². The van der Waals surface area contributed by atoms with Crippen molar-refractivity contribution in [2.24, 2.45) is 0 Å². The number of hydrogen-bond donors (Lipinski definition) is 1. The Balaban J connectivity index is 0.000000159. The van der Waals surface area contributed by atoms with Gasteiger partial charge >= 0.3 is 15.9 Å². The first-order valence-corrected chi connectivity index (χ1v) is 9.99. The highest BCUT2D eigenvalue weighted by molar-refractivity contribution is 7.90. The number of hydrazine groups is 1. The van der Waals surface area contributed by atoms with E-state index >= 15 is 0 Å². The van der Waals surface area contributed by atoms with Crippen LogP contribution < -0.4 is 4.72 Å². The number of fused-ring (bicyclic) bond motifs is 2. The topological polar surface area (TPSA) is 161 Å². The van der Waals surface area contributed by atoms with E-state index in [1.54, 1.807) is 12.1 Å². The van der Waals surface area contributed by atoms with E-state index in [4.69, 9.17) is 0 Å². The first-order valence-electron chi connectivity index (χ1n) is 7.06. The first kappa shape index (κ1) is 18.5. The third kappa shape index (κ3) is 2.92. The summed E-state index contributed by atoms with van der Waals surface area (Å²) in [5.41, 5.74) is 0.0479. The molecule has 140 valence electrons. The second-order valence-electron chi connectivity index (χ2n) is 5.22. The normalized spacial score (nSPS) is 18.0. The number of rotatable bonds is 1. The Labute approximate surface area is 152 Å². The number of nitro groups is 1. The number of carbonyl (C=O) groups is 2. The molecule has 0 bridgehead atoms. The highest BCUT2D eigenvalue weighted by Gasteiger charge is 2.49. The van der Waals surface area contributed by atoms with Crippen LogP contribution in [0, 0.1) is 10.1 Å². The molecule has 0 saturated heterocycles. The summed E-state index contributed by atoms with van der Waals surface area (Å²) in [6.45, 7) is 0. The number of sulfonamides is 2. The van der Waals surface area contributed by atoms with Gasteiger partial charge in [0, 0.05) is 0 Å². The van der Waals surface area contributed by atoms with Crippen molar-refractivity contribution in [1.29, 1.82) is 0 Å². The average molecular weight is 411 g/mol. The fourth-order valence-corrected chi connectivity index (χ4v) is 4.99. The second-order valence-corrected chi connectivity index (χ2v) is 8.60. The van der Waals surface area contributed by atoms with Crippen LogP contribution in [0.2, 0.25) is 0 Å². The van der Waals surface area contributed by atoms with Gasteiger partial charge in [0.2, 0.25) is 0 Å². The maximum Gasteiger partial charge on any atom is 0.334 e. The Kier molecular flexibility index (Phi) is 4.20. The molecule has 2 aliphatic rings. The fraction of sp³-hybridized carbons (Fsp3) is 0. The van der Waals surface area contributed by atoms with Crippen LogP contribution in [0.25, 0.3) is 0 Å². The van der Waals surface area contributed by atoms with Crippen molar-refractivity contribution in [3.8, 4) is 0 Å². The molecule has 2 heterocycles. The maximum absolute atomic E-state index is 11.5. The van der Waals surface area contributed by atoms with E-state index in [2.05, 4.69) is 0 Å². The van der Waals surface area contributed by atoms with Crippen LogP contribution in [0.1, 0.15) is 20.7 Å². The molecule has 2 aliphatic heterocycles. The average Bonchev–Trinajstić information content (AvgIpc) is 2.96. The first-order chi connectivity index (χ1) is 12.6. The number of carbonyl (C=O) groups excluding carboxylic acids is 2. The quantitative estimate of drug-likeness (QED) is 0.512. The van der Waals surface area contributed by atoms with Crippen molar-refractivity contribution in [2.45, 2.75) is 9.79 Å². The molecule has 13 heteroatoms. The summed E-state index contributed by atoms with van der Waals surface area (Å²) >= 11 is 0. The molecule has 11 nitrogen and oxygen atoms in total. The number of hydrogen-bond acceptors (Lipinski definition) is 8. The minimum absolute atomic E-state index is 0.0648. The lowest BCUT2D eigenvalue weighted by Gasteiger charge is -2.01. The minimum atomic E-state index is -4.31. The van der Waals surface area contributed by atoms with Crippen LogP contribution >= 0.6 is 0 Å². The van der Waals surface area contributed by atoms with E-state index in [1.165, 1.54) is 30.3 Å². The van der Waals surface area contributed by atoms with Crippen LogP contribution in [0.5, 0.6) is 0 Å². The molecule has 2 aromatic carbocycles. The summed E-state index contributed by atoms with van der Waals surface area (Å²) < 4.78 is 46.8. The summed E-state index contributed by atoms with van der Waals surface area (Å²) in [5.74, 6) is -1.68. The Morgan fingerprint density at radius 3 is 1.89 bits per heavy atom. The molecule has 27 heavy (non-hydrogen) atoms. The Morgan fingerprint density at radius 2 is 1.37 bits per heavy atom. The summed E-state index contributed by atoms with van der Waals surface area (Å²) in [5, 5.41) is 9.19. The molecule has 4 rings (SSSR count). The molecule has 0 unspecified atom stereocenters. The molecular weight excluding hydrogens is 402 g/mol. The van der Waals surface area contributed by atoms with E-state index in [0.717, 1.165) is 6.07 Å². The lowest BCUT2D eigenvalue weighted by Crippen LogP contribution is -2.35. The highest BCUT2D eigenvalue weighted by atomic mass is 32.2. The van der Waals surface area contributed by atoms with Gasteiger partial charge in [0.05, 0.1) is 15.5 Å². The summed E-state index contributed by atoms with van der Waals surface area (Å²) in [4.78, 5) is 32.5.